The van der Waals surface area contributed by atoms with Crippen molar-refractivity contribution < 1.29 is 19.3 Å². The van der Waals surface area contributed by atoms with Gasteiger partial charge < -0.3 is 19.3 Å². The van der Waals surface area contributed by atoms with Gasteiger partial charge in [-0.1, -0.05) is 23.2 Å². The number of fused-ring (bicyclic) bond motifs is 2. The van der Waals surface area contributed by atoms with E-state index in [9.17, 15) is 5.11 Å². The van der Waals surface area contributed by atoms with Crippen molar-refractivity contribution in [3.05, 3.63) is 57.8 Å². The number of hydrogen-bond acceptors (Lipinski definition) is 5. The fourth-order valence-electron chi connectivity index (χ4n) is 3.18. The van der Waals surface area contributed by atoms with Crippen molar-refractivity contribution in [3.63, 3.8) is 0 Å². The second-order valence-corrected chi connectivity index (χ2v) is 6.64. The van der Waals surface area contributed by atoms with Crippen LogP contribution in [0.15, 0.2) is 36.4 Å². The first-order valence-electron chi connectivity index (χ1n) is 7.63. The molecule has 2 heterocycles. The Morgan fingerprint density at radius 3 is 2.42 bits per heavy atom. The summed E-state index contributed by atoms with van der Waals surface area (Å²) < 4.78 is 17.5. The number of benzene rings is 1. The van der Waals surface area contributed by atoms with E-state index in [4.69, 9.17) is 37.4 Å². The van der Waals surface area contributed by atoms with Crippen LogP contribution >= 0.6 is 23.2 Å². The number of ether oxygens (including phenoxy) is 3. The van der Waals surface area contributed by atoms with Crippen molar-refractivity contribution in [2.45, 2.75) is 24.4 Å². The summed E-state index contributed by atoms with van der Waals surface area (Å²) in [4.78, 5) is 4.30. The minimum Gasteiger partial charge on any atom is -0.457 e. The Morgan fingerprint density at radius 1 is 1.00 bits per heavy atom. The normalized spacial score (nSPS) is 24.8. The molecule has 1 aromatic heterocycles. The van der Waals surface area contributed by atoms with Crippen molar-refractivity contribution in [2.24, 2.45) is 0 Å². The number of halogens is 2. The fourth-order valence-corrected chi connectivity index (χ4v) is 3.45. The number of hydrogen-bond donors (Lipinski definition) is 1. The third kappa shape index (κ3) is 2.66. The van der Waals surface area contributed by atoms with Gasteiger partial charge in [0.15, 0.2) is 5.79 Å². The average molecular weight is 368 g/mol. The Balaban J connectivity index is 1.76. The molecule has 1 aromatic carbocycles. The van der Waals surface area contributed by atoms with Crippen LogP contribution in [0.5, 0.6) is 5.75 Å². The highest BCUT2D eigenvalue weighted by molar-refractivity contribution is 6.30. The molecule has 1 aliphatic carbocycles. The van der Waals surface area contributed by atoms with Crippen molar-refractivity contribution in [3.8, 4) is 5.75 Å². The first kappa shape index (κ1) is 16.1. The standard InChI is InChI=1S/C17H15Cl2NO4/c18-11-1-3-12(4-2-11)24-16(21)7-8-17(22-9-10-23-17)13-5-6-14(19)20-15(13)16/h1-6,21H,7-10H2. The third-order valence-electron chi connectivity index (χ3n) is 4.29. The molecule has 2 aliphatic rings. The summed E-state index contributed by atoms with van der Waals surface area (Å²) in [7, 11) is 0. The van der Waals surface area contributed by atoms with E-state index in [1.165, 1.54) is 0 Å². The van der Waals surface area contributed by atoms with Crippen LogP contribution in [0.25, 0.3) is 0 Å². The summed E-state index contributed by atoms with van der Waals surface area (Å²) in [6, 6.07) is 10.2. The molecule has 4 rings (SSSR count). The van der Waals surface area contributed by atoms with E-state index in [0.717, 1.165) is 0 Å². The van der Waals surface area contributed by atoms with Gasteiger partial charge in [0.2, 0.25) is 0 Å². The Kier molecular flexibility index (Phi) is 3.94. The molecule has 1 spiro atoms. The molecule has 0 radical (unpaired) electrons. The molecule has 7 heteroatoms. The van der Waals surface area contributed by atoms with Crippen molar-refractivity contribution in [2.75, 3.05) is 13.2 Å². The summed E-state index contributed by atoms with van der Waals surface area (Å²) >= 11 is 11.9. The Labute approximate surface area is 149 Å². The Morgan fingerprint density at radius 2 is 1.71 bits per heavy atom. The summed E-state index contributed by atoms with van der Waals surface area (Å²) in [6.45, 7) is 0.997. The maximum atomic E-state index is 11.1. The lowest BCUT2D eigenvalue weighted by molar-refractivity contribution is -0.229. The molecule has 0 amide bonds. The zero-order valence-electron chi connectivity index (χ0n) is 12.7. The smallest absolute Gasteiger partial charge is 0.252 e. The summed E-state index contributed by atoms with van der Waals surface area (Å²) in [5.74, 6) is -2.02. The molecule has 24 heavy (non-hydrogen) atoms. The van der Waals surface area contributed by atoms with Crippen LogP contribution in [0.2, 0.25) is 10.2 Å². The van der Waals surface area contributed by atoms with Crippen LogP contribution in [0.1, 0.15) is 24.1 Å². The predicted octanol–water partition coefficient (Wildman–Crippen LogP) is 3.61. The highest BCUT2D eigenvalue weighted by Crippen LogP contribution is 2.48. The van der Waals surface area contributed by atoms with Gasteiger partial charge in [-0.15, -0.1) is 0 Å². The maximum Gasteiger partial charge on any atom is 0.252 e. The number of rotatable bonds is 2. The lowest BCUT2D eigenvalue weighted by Gasteiger charge is -2.41. The molecule has 1 unspecified atom stereocenters. The summed E-state index contributed by atoms with van der Waals surface area (Å²) in [6.07, 6.45) is 0.712. The molecule has 1 N–H and O–H groups in total. The molecule has 1 saturated heterocycles. The highest BCUT2D eigenvalue weighted by Gasteiger charge is 2.52. The van der Waals surface area contributed by atoms with Crippen LogP contribution in [0.3, 0.4) is 0 Å². The minimum absolute atomic E-state index is 0.260. The molecular formula is C17H15Cl2NO4. The van der Waals surface area contributed by atoms with Crippen LogP contribution < -0.4 is 4.74 Å². The lowest BCUT2D eigenvalue weighted by Crippen LogP contribution is -2.45. The van der Waals surface area contributed by atoms with Gasteiger partial charge in [0.1, 0.15) is 16.6 Å². The van der Waals surface area contributed by atoms with Crippen molar-refractivity contribution >= 4 is 23.2 Å². The second kappa shape index (κ2) is 5.86. The van der Waals surface area contributed by atoms with E-state index in [0.29, 0.717) is 41.7 Å². The van der Waals surface area contributed by atoms with Crippen LogP contribution in [-0.4, -0.2) is 23.3 Å². The molecule has 0 saturated carbocycles. The SMILES string of the molecule is OC1(Oc2ccc(Cl)cc2)CCC2(OCCO2)c2ccc(Cl)nc21. The number of aromatic nitrogens is 1. The number of pyridine rings is 1. The monoisotopic (exact) mass is 367 g/mol. The van der Waals surface area contributed by atoms with Gasteiger partial charge in [-0.3, -0.25) is 0 Å². The molecule has 5 nitrogen and oxygen atoms in total. The van der Waals surface area contributed by atoms with Crippen molar-refractivity contribution in [1.29, 1.82) is 0 Å². The molecule has 126 valence electrons. The Hall–Kier alpha value is -1.37. The van der Waals surface area contributed by atoms with Gasteiger partial charge in [-0.05, 0) is 36.4 Å². The van der Waals surface area contributed by atoms with Crippen LogP contribution in [0, 0.1) is 0 Å². The van der Waals surface area contributed by atoms with Crippen LogP contribution in [0.4, 0.5) is 0 Å². The topological polar surface area (TPSA) is 60.8 Å². The largest absolute Gasteiger partial charge is 0.457 e. The number of aliphatic hydroxyl groups is 1. The zero-order valence-corrected chi connectivity index (χ0v) is 14.2. The summed E-state index contributed by atoms with van der Waals surface area (Å²) in [5.41, 5.74) is 0.963. The zero-order chi connectivity index (χ0) is 16.8. The van der Waals surface area contributed by atoms with Gasteiger partial charge >= 0.3 is 0 Å². The lowest BCUT2D eigenvalue weighted by atomic mass is 9.85. The predicted molar refractivity (Wildman–Crippen MR) is 88.0 cm³/mol. The van der Waals surface area contributed by atoms with E-state index in [1.807, 2.05) is 0 Å². The first-order chi connectivity index (χ1) is 11.5. The Bertz CT molecular complexity index is 762. The molecule has 1 fully saturated rings. The fraction of sp³-hybridized carbons (Fsp3) is 0.353. The molecule has 1 atom stereocenters. The second-order valence-electron chi connectivity index (χ2n) is 5.82. The minimum atomic E-state index is -1.62. The quantitative estimate of drug-likeness (QED) is 0.648. The molecule has 1 aliphatic heterocycles. The van der Waals surface area contributed by atoms with Gasteiger partial charge in [-0.25, -0.2) is 4.98 Å². The third-order valence-corrected chi connectivity index (χ3v) is 4.75. The average Bonchev–Trinajstić information content (AvgIpc) is 3.04. The highest BCUT2D eigenvalue weighted by atomic mass is 35.5. The van der Waals surface area contributed by atoms with Crippen molar-refractivity contribution in [1.82, 2.24) is 4.98 Å². The van der Waals surface area contributed by atoms with Gasteiger partial charge in [0.25, 0.3) is 5.79 Å². The first-order valence-corrected chi connectivity index (χ1v) is 8.39. The van der Waals surface area contributed by atoms with E-state index in [1.54, 1.807) is 36.4 Å². The van der Waals surface area contributed by atoms with Crippen LogP contribution in [-0.2, 0) is 21.0 Å². The summed E-state index contributed by atoms with van der Waals surface area (Å²) in [5, 5.41) is 12.0. The van der Waals surface area contributed by atoms with Gasteiger partial charge in [0, 0.05) is 23.4 Å². The van der Waals surface area contributed by atoms with Gasteiger partial charge in [-0.2, -0.15) is 0 Å². The number of nitrogens with zero attached hydrogens (tertiary/aromatic N) is 1. The van der Waals surface area contributed by atoms with E-state index >= 15 is 0 Å². The molecule has 2 aromatic rings. The van der Waals surface area contributed by atoms with E-state index in [-0.39, 0.29) is 11.6 Å². The molecular weight excluding hydrogens is 353 g/mol. The molecule has 0 bridgehead atoms. The van der Waals surface area contributed by atoms with E-state index < -0.39 is 11.6 Å². The van der Waals surface area contributed by atoms with Gasteiger partial charge in [0.05, 0.1) is 13.2 Å². The maximum absolute atomic E-state index is 11.1. The van der Waals surface area contributed by atoms with E-state index in [2.05, 4.69) is 4.98 Å².